The summed E-state index contributed by atoms with van der Waals surface area (Å²) in [4.78, 5) is 17.2. The first-order valence-corrected chi connectivity index (χ1v) is 9.23. The second-order valence-corrected chi connectivity index (χ2v) is 7.39. The van der Waals surface area contributed by atoms with E-state index in [-0.39, 0.29) is 0 Å². The number of hydrogen-bond acceptors (Lipinski definition) is 4. The second kappa shape index (κ2) is 8.17. The van der Waals surface area contributed by atoms with Crippen LogP contribution in [-0.4, -0.2) is 82.4 Å². The number of nitrogens with zero attached hydrogens (tertiary/aromatic N) is 3. The number of aliphatic hydroxyl groups is 1. The van der Waals surface area contributed by atoms with Crippen molar-refractivity contribution in [2.45, 2.75) is 31.4 Å². The van der Waals surface area contributed by atoms with E-state index in [1.165, 1.54) is 10.5 Å². The van der Waals surface area contributed by atoms with Crippen molar-refractivity contribution in [3.63, 3.8) is 0 Å². The molecule has 1 aromatic rings. The molecule has 2 heterocycles. The molecule has 6 nitrogen and oxygen atoms in total. The van der Waals surface area contributed by atoms with Crippen LogP contribution in [0.1, 0.15) is 24.8 Å². The van der Waals surface area contributed by atoms with Gasteiger partial charge in [-0.2, -0.15) is 0 Å². The van der Waals surface area contributed by atoms with Crippen molar-refractivity contribution < 1.29 is 15.0 Å². The fourth-order valence-electron chi connectivity index (χ4n) is 3.86. The molecule has 3 rings (SSSR count). The molecule has 0 bridgehead atoms. The number of β-amino-alcohol motifs (C(OH)–C–C–N with tert-alkyl or cyclic N) is 1. The maximum Gasteiger partial charge on any atom is 0.407 e. The Balaban J connectivity index is 1.46. The lowest BCUT2D eigenvalue weighted by Crippen LogP contribution is -2.51. The maximum absolute atomic E-state index is 11.1. The lowest BCUT2D eigenvalue weighted by atomic mass is 9.90. The van der Waals surface area contributed by atoms with Gasteiger partial charge in [0.2, 0.25) is 0 Å². The Morgan fingerprint density at radius 2 is 1.68 bits per heavy atom. The number of carbonyl (C=O) groups is 1. The Kier molecular flexibility index (Phi) is 5.93. The Hall–Kier alpha value is -1.63. The van der Waals surface area contributed by atoms with Crippen molar-refractivity contribution in [2.75, 3.05) is 45.8 Å². The minimum absolute atomic E-state index is 0.533. The number of amides is 1. The van der Waals surface area contributed by atoms with E-state index in [2.05, 4.69) is 34.1 Å². The zero-order valence-corrected chi connectivity index (χ0v) is 14.8. The highest BCUT2D eigenvalue weighted by Gasteiger charge is 2.34. The number of rotatable bonds is 4. The molecule has 0 aromatic heterocycles. The Morgan fingerprint density at radius 1 is 0.960 bits per heavy atom. The van der Waals surface area contributed by atoms with Crippen molar-refractivity contribution >= 4 is 6.09 Å². The van der Waals surface area contributed by atoms with Crippen LogP contribution in [0, 0.1) is 0 Å². The molecule has 1 amide bonds. The van der Waals surface area contributed by atoms with Crippen LogP contribution in [-0.2, 0) is 6.54 Å². The van der Waals surface area contributed by atoms with Gasteiger partial charge in [-0.3, -0.25) is 9.80 Å². The van der Waals surface area contributed by atoms with Gasteiger partial charge in [0, 0.05) is 52.4 Å². The Bertz CT molecular complexity index is 558. The number of likely N-dealkylation sites (tertiary alicyclic amines) is 1. The fourth-order valence-corrected chi connectivity index (χ4v) is 3.86. The molecule has 2 fully saturated rings. The second-order valence-electron chi connectivity index (χ2n) is 7.39. The molecule has 0 unspecified atom stereocenters. The van der Waals surface area contributed by atoms with Gasteiger partial charge in [-0.15, -0.1) is 0 Å². The smallest absolute Gasteiger partial charge is 0.407 e. The van der Waals surface area contributed by atoms with Crippen LogP contribution >= 0.6 is 0 Å². The van der Waals surface area contributed by atoms with Crippen LogP contribution in [0.3, 0.4) is 0 Å². The topological polar surface area (TPSA) is 67.2 Å². The molecule has 2 aliphatic heterocycles. The lowest BCUT2D eigenvalue weighted by Gasteiger charge is -2.41. The van der Waals surface area contributed by atoms with Gasteiger partial charge in [-0.1, -0.05) is 30.3 Å². The zero-order chi connectivity index (χ0) is 17.7. The minimum Gasteiger partial charge on any atom is -0.465 e. The molecule has 1 aromatic carbocycles. The maximum atomic E-state index is 11.1. The molecule has 0 spiro atoms. The third kappa shape index (κ3) is 5.17. The molecule has 0 aliphatic carbocycles. The average Bonchev–Trinajstić information content (AvgIpc) is 2.84. The number of carboxylic acid groups (broad SMARTS) is 1. The van der Waals surface area contributed by atoms with E-state index in [0.717, 1.165) is 45.4 Å². The SMILES string of the molecule is O=C(O)N1CCCN(CC2(O)CCN(Cc3ccccc3)CC2)CC1. The highest BCUT2D eigenvalue weighted by atomic mass is 16.4. The van der Waals surface area contributed by atoms with Crippen molar-refractivity contribution in [1.82, 2.24) is 14.7 Å². The van der Waals surface area contributed by atoms with Gasteiger partial charge < -0.3 is 15.1 Å². The Labute approximate surface area is 149 Å². The van der Waals surface area contributed by atoms with Crippen LogP contribution in [0.4, 0.5) is 4.79 Å². The highest BCUT2D eigenvalue weighted by Crippen LogP contribution is 2.25. The molecular formula is C19H29N3O3. The monoisotopic (exact) mass is 347 g/mol. The third-order valence-electron chi connectivity index (χ3n) is 5.41. The lowest BCUT2D eigenvalue weighted by molar-refractivity contribution is -0.0460. The summed E-state index contributed by atoms with van der Waals surface area (Å²) in [7, 11) is 0. The summed E-state index contributed by atoms with van der Waals surface area (Å²) in [5.41, 5.74) is 0.667. The molecule has 0 radical (unpaired) electrons. The van der Waals surface area contributed by atoms with Gasteiger partial charge in [0.1, 0.15) is 0 Å². The first kappa shape index (κ1) is 18.2. The highest BCUT2D eigenvalue weighted by molar-refractivity contribution is 5.64. The van der Waals surface area contributed by atoms with Gasteiger partial charge in [0.05, 0.1) is 5.60 Å². The summed E-state index contributed by atoms with van der Waals surface area (Å²) < 4.78 is 0. The number of benzene rings is 1. The Morgan fingerprint density at radius 3 is 2.36 bits per heavy atom. The molecule has 0 saturated carbocycles. The van der Waals surface area contributed by atoms with Crippen LogP contribution in [0.25, 0.3) is 0 Å². The normalized spacial score (nSPS) is 22.5. The summed E-state index contributed by atoms with van der Waals surface area (Å²) in [6.45, 7) is 6.09. The molecule has 2 N–H and O–H groups in total. The fraction of sp³-hybridized carbons (Fsp3) is 0.632. The minimum atomic E-state index is -0.838. The molecular weight excluding hydrogens is 318 g/mol. The van der Waals surface area contributed by atoms with Gasteiger partial charge in [-0.25, -0.2) is 4.79 Å². The van der Waals surface area contributed by atoms with Crippen molar-refractivity contribution in [3.05, 3.63) is 35.9 Å². The molecule has 0 atom stereocenters. The van der Waals surface area contributed by atoms with E-state index in [1.54, 1.807) is 0 Å². The predicted octanol–water partition coefficient (Wildman–Crippen LogP) is 1.70. The van der Waals surface area contributed by atoms with Gasteiger partial charge in [0.25, 0.3) is 0 Å². The van der Waals surface area contributed by atoms with E-state index in [1.807, 2.05) is 6.07 Å². The summed E-state index contributed by atoms with van der Waals surface area (Å²) in [6, 6.07) is 10.5. The van der Waals surface area contributed by atoms with Crippen molar-refractivity contribution in [2.24, 2.45) is 0 Å². The van der Waals surface area contributed by atoms with Crippen molar-refractivity contribution in [1.29, 1.82) is 0 Å². The standard InChI is InChI=1S/C19H29N3O3/c23-18(24)22-10-4-9-21(13-14-22)16-19(25)7-11-20(12-8-19)15-17-5-2-1-3-6-17/h1-3,5-6,25H,4,7-16H2,(H,23,24). The predicted molar refractivity (Wildman–Crippen MR) is 96.6 cm³/mol. The quantitative estimate of drug-likeness (QED) is 0.868. The van der Waals surface area contributed by atoms with Gasteiger partial charge >= 0.3 is 6.09 Å². The number of piperidine rings is 1. The summed E-state index contributed by atoms with van der Waals surface area (Å²) in [5, 5.41) is 20.1. The van der Waals surface area contributed by atoms with E-state index in [4.69, 9.17) is 5.11 Å². The zero-order valence-electron chi connectivity index (χ0n) is 14.8. The van der Waals surface area contributed by atoms with Crippen molar-refractivity contribution in [3.8, 4) is 0 Å². The number of hydrogen-bond donors (Lipinski definition) is 2. The average molecular weight is 347 g/mol. The molecule has 2 saturated heterocycles. The first-order valence-electron chi connectivity index (χ1n) is 9.23. The van der Waals surface area contributed by atoms with Crippen LogP contribution in [0.5, 0.6) is 0 Å². The van der Waals surface area contributed by atoms with E-state index < -0.39 is 11.7 Å². The summed E-state index contributed by atoms with van der Waals surface area (Å²) in [5.74, 6) is 0. The molecule has 138 valence electrons. The summed E-state index contributed by atoms with van der Waals surface area (Å²) >= 11 is 0. The van der Waals surface area contributed by atoms with E-state index in [9.17, 15) is 9.90 Å². The molecule has 25 heavy (non-hydrogen) atoms. The van der Waals surface area contributed by atoms with Crippen LogP contribution < -0.4 is 0 Å². The van der Waals surface area contributed by atoms with Crippen LogP contribution in [0.15, 0.2) is 30.3 Å². The first-order chi connectivity index (χ1) is 12.0. The van der Waals surface area contributed by atoms with E-state index in [0.29, 0.717) is 26.2 Å². The molecule has 6 heteroatoms. The van der Waals surface area contributed by atoms with Crippen LogP contribution in [0.2, 0.25) is 0 Å². The third-order valence-corrected chi connectivity index (χ3v) is 5.41. The summed E-state index contributed by atoms with van der Waals surface area (Å²) in [6.07, 6.45) is 1.55. The van der Waals surface area contributed by atoms with E-state index >= 15 is 0 Å². The molecule has 2 aliphatic rings. The largest absolute Gasteiger partial charge is 0.465 e. The van der Waals surface area contributed by atoms with Gasteiger partial charge in [-0.05, 0) is 24.8 Å². The van der Waals surface area contributed by atoms with Gasteiger partial charge in [0.15, 0.2) is 0 Å².